The number of hydrogen-bond donors (Lipinski definition) is 2. The SMILES string of the molecule is O=C1CN(C(=O)c2cc3occc3[nH]2)[C@@H]2CCCC[C@@H]2N1. The molecule has 4 rings (SSSR count). The van der Waals surface area contributed by atoms with Crippen LogP contribution in [0.4, 0.5) is 0 Å². The fourth-order valence-electron chi connectivity index (χ4n) is 3.52. The number of aromatic nitrogens is 1. The fourth-order valence-corrected chi connectivity index (χ4v) is 3.52. The van der Waals surface area contributed by atoms with Gasteiger partial charge in [0.05, 0.1) is 17.8 Å². The van der Waals surface area contributed by atoms with Crippen LogP contribution < -0.4 is 5.32 Å². The summed E-state index contributed by atoms with van der Waals surface area (Å²) in [6, 6.07) is 3.71. The zero-order valence-electron chi connectivity index (χ0n) is 11.6. The highest BCUT2D eigenvalue weighted by molar-refractivity contribution is 5.99. The van der Waals surface area contributed by atoms with Crippen LogP contribution in [-0.2, 0) is 4.79 Å². The Morgan fingerprint density at radius 3 is 3.05 bits per heavy atom. The van der Waals surface area contributed by atoms with E-state index in [2.05, 4.69) is 10.3 Å². The first-order chi connectivity index (χ1) is 10.2. The summed E-state index contributed by atoms with van der Waals surface area (Å²) in [5.74, 6) is -0.185. The van der Waals surface area contributed by atoms with Crippen molar-refractivity contribution in [2.75, 3.05) is 6.54 Å². The van der Waals surface area contributed by atoms with Crippen LogP contribution in [0.3, 0.4) is 0 Å². The molecule has 2 aromatic heterocycles. The number of aromatic amines is 1. The number of amides is 2. The molecule has 2 atom stereocenters. The van der Waals surface area contributed by atoms with E-state index in [4.69, 9.17) is 4.42 Å². The van der Waals surface area contributed by atoms with Crippen LogP contribution in [-0.4, -0.2) is 40.3 Å². The van der Waals surface area contributed by atoms with E-state index in [1.54, 1.807) is 23.3 Å². The Bertz CT molecular complexity index is 673. The first kappa shape index (κ1) is 12.5. The van der Waals surface area contributed by atoms with Crippen molar-refractivity contribution in [1.29, 1.82) is 0 Å². The van der Waals surface area contributed by atoms with Crippen molar-refractivity contribution in [3.05, 3.63) is 24.1 Å². The number of carbonyl (C=O) groups excluding carboxylic acids is 2. The molecule has 2 fully saturated rings. The normalized spacial score (nSPS) is 25.7. The third-order valence-corrected chi connectivity index (χ3v) is 4.52. The number of fused-ring (bicyclic) bond motifs is 2. The zero-order valence-corrected chi connectivity index (χ0v) is 11.6. The van der Waals surface area contributed by atoms with Crippen LogP contribution in [0, 0.1) is 0 Å². The lowest BCUT2D eigenvalue weighted by atomic mass is 9.87. The molecule has 2 aromatic rings. The van der Waals surface area contributed by atoms with Crippen LogP contribution in [0.5, 0.6) is 0 Å². The van der Waals surface area contributed by atoms with Gasteiger partial charge >= 0.3 is 0 Å². The minimum atomic E-state index is -0.117. The van der Waals surface area contributed by atoms with Crippen LogP contribution in [0.1, 0.15) is 36.2 Å². The molecule has 1 saturated carbocycles. The molecule has 0 spiro atoms. The van der Waals surface area contributed by atoms with E-state index in [1.165, 1.54) is 0 Å². The molecular formula is C15H17N3O3. The van der Waals surface area contributed by atoms with E-state index in [1.807, 2.05) is 0 Å². The number of nitrogens with zero attached hydrogens (tertiary/aromatic N) is 1. The largest absolute Gasteiger partial charge is 0.463 e. The summed E-state index contributed by atoms with van der Waals surface area (Å²) in [7, 11) is 0. The Kier molecular flexibility index (Phi) is 2.77. The molecule has 6 heteroatoms. The van der Waals surface area contributed by atoms with Gasteiger partial charge < -0.3 is 19.6 Å². The molecular weight excluding hydrogens is 270 g/mol. The second-order valence-electron chi connectivity index (χ2n) is 5.84. The standard InChI is InChI=1S/C15H17N3O3/c19-14-8-18(12-4-2-1-3-9(12)17-14)15(20)11-7-13-10(16-11)5-6-21-13/h5-7,9,12,16H,1-4,8H2,(H,17,19)/t9-,12+/m0/s1. The Balaban J connectivity index is 1.64. The number of carbonyl (C=O) groups is 2. The van der Waals surface area contributed by atoms with Crippen molar-refractivity contribution in [2.24, 2.45) is 0 Å². The van der Waals surface area contributed by atoms with Gasteiger partial charge in [-0.15, -0.1) is 0 Å². The van der Waals surface area contributed by atoms with Gasteiger partial charge in [0.15, 0.2) is 5.58 Å². The van der Waals surface area contributed by atoms with Crippen LogP contribution >= 0.6 is 0 Å². The van der Waals surface area contributed by atoms with Gasteiger partial charge in [-0.05, 0) is 12.8 Å². The highest BCUT2D eigenvalue weighted by Gasteiger charge is 2.39. The van der Waals surface area contributed by atoms with Gasteiger partial charge in [0, 0.05) is 18.2 Å². The lowest BCUT2D eigenvalue weighted by molar-refractivity contribution is -0.127. The summed E-state index contributed by atoms with van der Waals surface area (Å²) in [4.78, 5) is 29.4. The van der Waals surface area contributed by atoms with Crippen LogP contribution in [0.25, 0.3) is 11.1 Å². The second-order valence-corrected chi connectivity index (χ2v) is 5.84. The number of rotatable bonds is 1. The highest BCUT2D eigenvalue weighted by atomic mass is 16.3. The molecule has 0 bridgehead atoms. The van der Waals surface area contributed by atoms with Gasteiger partial charge in [0.2, 0.25) is 5.91 Å². The molecule has 2 amide bonds. The van der Waals surface area contributed by atoms with Gasteiger partial charge in [-0.3, -0.25) is 9.59 Å². The predicted molar refractivity (Wildman–Crippen MR) is 75.8 cm³/mol. The van der Waals surface area contributed by atoms with Crippen molar-refractivity contribution in [3.63, 3.8) is 0 Å². The number of nitrogens with one attached hydrogen (secondary N) is 2. The summed E-state index contributed by atoms with van der Waals surface area (Å²) < 4.78 is 5.28. The number of piperazine rings is 1. The number of furan rings is 1. The molecule has 0 radical (unpaired) electrons. The third-order valence-electron chi connectivity index (χ3n) is 4.52. The average Bonchev–Trinajstić information content (AvgIpc) is 3.06. The summed E-state index contributed by atoms with van der Waals surface area (Å²) in [5, 5.41) is 3.01. The minimum absolute atomic E-state index is 0.0678. The van der Waals surface area contributed by atoms with E-state index in [0.717, 1.165) is 31.2 Å². The number of hydrogen-bond acceptors (Lipinski definition) is 3. The Morgan fingerprint density at radius 1 is 1.33 bits per heavy atom. The van der Waals surface area contributed by atoms with Crippen LogP contribution in [0.15, 0.2) is 22.8 Å². The first-order valence-corrected chi connectivity index (χ1v) is 7.39. The fraction of sp³-hybridized carbons (Fsp3) is 0.467. The van der Waals surface area contributed by atoms with Crippen molar-refractivity contribution < 1.29 is 14.0 Å². The molecule has 21 heavy (non-hydrogen) atoms. The molecule has 2 aliphatic rings. The maximum absolute atomic E-state index is 12.7. The van der Waals surface area contributed by atoms with Gasteiger partial charge in [-0.1, -0.05) is 12.8 Å². The molecule has 6 nitrogen and oxygen atoms in total. The van der Waals surface area contributed by atoms with Gasteiger partial charge in [-0.25, -0.2) is 0 Å². The maximum atomic E-state index is 12.7. The van der Waals surface area contributed by atoms with Crippen molar-refractivity contribution in [2.45, 2.75) is 37.8 Å². The summed E-state index contributed by atoms with van der Waals surface area (Å²) in [6.07, 6.45) is 5.70. The molecule has 3 heterocycles. The van der Waals surface area contributed by atoms with Gasteiger partial charge in [0.25, 0.3) is 5.91 Å². The van der Waals surface area contributed by atoms with Crippen LogP contribution in [0.2, 0.25) is 0 Å². The van der Waals surface area contributed by atoms with E-state index in [9.17, 15) is 9.59 Å². The van der Waals surface area contributed by atoms with Crippen molar-refractivity contribution in [3.8, 4) is 0 Å². The molecule has 1 aliphatic carbocycles. The van der Waals surface area contributed by atoms with E-state index in [-0.39, 0.29) is 30.4 Å². The lowest BCUT2D eigenvalue weighted by Gasteiger charge is -2.43. The van der Waals surface area contributed by atoms with Gasteiger partial charge in [0.1, 0.15) is 12.2 Å². The summed E-state index contributed by atoms with van der Waals surface area (Å²) >= 11 is 0. The lowest BCUT2D eigenvalue weighted by Crippen LogP contribution is -2.62. The molecule has 2 N–H and O–H groups in total. The summed E-state index contributed by atoms with van der Waals surface area (Å²) in [6.45, 7) is 0.139. The quantitative estimate of drug-likeness (QED) is 0.837. The second kappa shape index (κ2) is 4.65. The Labute approximate surface area is 121 Å². The number of H-pyrrole nitrogens is 1. The third kappa shape index (κ3) is 2.02. The van der Waals surface area contributed by atoms with E-state index in [0.29, 0.717) is 11.3 Å². The topological polar surface area (TPSA) is 78.3 Å². The van der Waals surface area contributed by atoms with Gasteiger partial charge in [-0.2, -0.15) is 0 Å². The molecule has 0 unspecified atom stereocenters. The first-order valence-electron chi connectivity index (χ1n) is 7.39. The molecule has 0 aromatic carbocycles. The molecule has 1 aliphatic heterocycles. The van der Waals surface area contributed by atoms with Crippen molar-refractivity contribution >= 4 is 22.9 Å². The monoisotopic (exact) mass is 287 g/mol. The predicted octanol–water partition coefficient (Wildman–Crippen LogP) is 1.64. The van der Waals surface area contributed by atoms with E-state index >= 15 is 0 Å². The Hall–Kier alpha value is -2.24. The Morgan fingerprint density at radius 2 is 2.19 bits per heavy atom. The summed E-state index contributed by atoms with van der Waals surface area (Å²) in [5.41, 5.74) is 1.96. The minimum Gasteiger partial charge on any atom is -0.463 e. The molecule has 110 valence electrons. The average molecular weight is 287 g/mol. The van der Waals surface area contributed by atoms with E-state index < -0.39 is 0 Å². The van der Waals surface area contributed by atoms with Crippen molar-refractivity contribution in [1.82, 2.24) is 15.2 Å². The molecule has 1 saturated heterocycles. The maximum Gasteiger partial charge on any atom is 0.271 e. The zero-order chi connectivity index (χ0) is 14.4. The highest BCUT2D eigenvalue weighted by Crippen LogP contribution is 2.27. The smallest absolute Gasteiger partial charge is 0.271 e.